The van der Waals surface area contributed by atoms with Crippen LogP contribution < -0.4 is 15.8 Å². The Hall–Kier alpha value is -1.46. The molecule has 1 saturated heterocycles. The lowest BCUT2D eigenvalue weighted by molar-refractivity contribution is 0.0746. The number of likely N-dealkylation sites (tertiary alicyclic amines) is 1. The molecule has 178 valence electrons. The number of amides is 1. The normalized spacial score (nSPS) is 21.9. The summed E-state index contributed by atoms with van der Waals surface area (Å²) in [5.74, 6) is 1.95. The number of carbonyl (C=O) groups excluding carboxylic acids is 1. The highest BCUT2D eigenvalue weighted by Gasteiger charge is 2.37. The van der Waals surface area contributed by atoms with Crippen molar-refractivity contribution >= 4 is 23.2 Å². The van der Waals surface area contributed by atoms with E-state index in [9.17, 15) is 4.79 Å². The molecule has 0 atom stereocenters. The molecule has 1 amide bonds. The maximum absolute atomic E-state index is 13.5. The van der Waals surface area contributed by atoms with Crippen molar-refractivity contribution in [1.82, 2.24) is 10.2 Å². The Morgan fingerprint density at radius 2 is 1.88 bits per heavy atom. The van der Waals surface area contributed by atoms with Gasteiger partial charge in [0.2, 0.25) is 0 Å². The molecule has 0 unspecified atom stereocenters. The minimum Gasteiger partial charge on any atom is -0.492 e. The first-order chi connectivity index (χ1) is 15.5. The molecule has 0 radical (unpaired) electrons. The summed E-state index contributed by atoms with van der Waals surface area (Å²) in [6.45, 7) is 6.15. The van der Waals surface area contributed by atoms with Crippen molar-refractivity contribution < 1.29 is 9.53 Å². The lowest BCUT2D eigenvalue weighted by Crippen LogP contribution is -2.57. The summed E-state index contributed by atoms with van der Waals surface area (Å²) < 4.78 is 6.01. The maximum Gasteiger partial charge on any atom is 0.255 e. The Balaban J connectivity index is 1.46. The first kappa shape index (κ1) is 23.7. The van der Waals surface area contributed by atoms with Gasteiger partial charge < -0.3 is 20.7 Å². The number of carbonyl (C=O) groups is 1. The van der Waals surface area contributed by atoms with Gasteiger partial charge in [-0.15, -0.1) is 0 Å². The van der Waals surface area contributed by atoms with Gasteiger partial charge in [-0.2, -0.15) is 0 Å². The molecular weight excluding hydrogens is 422 g/mol. The van der Waals surface area contributed by atoms with E-state index < -0.39 is 0 Å². The number of halogens is 1. The number of hydrogen-bond acceptors (Lipinski definition) is 4. The Labute approximate surface area is 198 Å². The number of piperidine rings is 1. The van der Waals surface area contributed by atoms with E-state index in [0.29, 0.717) is 34.5 Å². The molecule has 0 bridgehead atoms. The summed E-state index contributed by atoms with van der Waals surface area (Å²) in [5.41, 5.74) is 6.82. The molecule has 6 heteroatoms. The lowest BCUT2D eigenvalue weighted by atomic mass is 9.80. The molecule has 1 aliphatic heterocycles. The summed E-state index contributed by atoms with van der Waals surface area (Å²) in [7, 11) is 0. The largest absolute Gasteiger partial charge is 0.492 e. The third-order valence-electron chi connectivity index (χ3n) is 7.63. The predicted molar refractivity (Wildman–Crippen MR) is 131 cm³/mol. The molecule has 32 heavy (non-hydrogen) atoms. The molecule has 2 saturated carbocycles. The van der Waals surface area contributed by atoms with E-state index in [2.05, 4.69) is 17.1 Å². The van der Waals surface area contributed by atoms with Gasteiger partial charge in [-0.25, -0.2) is 0 Å². The van der Waals surface area contributed by atoms with Gasteiger partial charge in [0.25, 0.3) is 5.91 Å². The highest BCUT2D eigenvalue weighted by Crippen LogP contribution is 2.35. The van der Waals surface area contributed by atoms with Crippen LogP contribution >= 0.6 is 11.6 Å². The van der Waals surface area contributed by atoms with Crippen LogP contribution in [0, 0.1) is 11.8 Å². The smallest absolute Gasteiger partial charge is 0.255 e. The predicted octanol–water partition coefficient (Wildman–Crippen LogP) is 5.66. The summed E-state index contributed by atoms with van der Waals surface area (Å²) >= 11 is 6.31. The van der Waals surface area contributed by atoms with Crippen molar-refractivity contribution in [3.05, 3.63) is 22.7 Å². The molecule has 0 spiro atoms. The van der Waals surface area contributed by atoms with E-state index in [1.807, 2.05) is 0 Å². The third kappa shape index (κ3) is 6.11. The molecule has 2 aliphatic carbocycles. The van der Waals surface area contributed by atoms with Crippen molar-refractivity contribution in [1.29, 1.82) is 0 Å². The van der Waals surface area contributed by atoms with Gasteiger partial charge in [-0.3, -0.25) is 4.79 Å². The molecular formula is C26H40ClN3O2. The van der Waals surface area contributed by atoms with Crippen molar-refractivity contribution in [2.24, 2.45) is 11.8 Å². The minimum absolute atomic E-state index is 0.0829. The first-order valence-corrected chi connectivity index (χ1v) is 13.1. The van der Waals surface area contributed by atoms with E-state index in [1.54, 1.807) is 12.1 Å². The Morgan fingerprint density at radius 3 is 2.53 bits per heavy atom. The molecule has 4 rings (SSSR count). The number of rotatable bonds is 9. The van der Waals surface area contributed by atoms with Crippen LogP contribution in [0.3, 0.4) is 0 Å². The van der Waals surface area contributed by atoms with Crippen LogP contribution in [-0.4, -0.2) is 42.6 Å². The summed E-state index contributed by atoms with van der Waals surface area (Å²) in [4.78, 5) is 16.1. The Bertz CT molecular complexity index is 782. The summed E-state index contributed by atoms with van der Waals surface area (Å²) in [5, 5.41) is 3.87. The van der Waals surface area contributed by atoms with Gasteiger partial charge in [0.15, 0.2) is 0 Å². The highest BCUT2D eigenvalue weighted by atomic mass is 35.5. The van der Waals surface area contributed by atoms with Crippen molar-refractivity contribution in [2.75, 3.05) is 32.0 Å². The fourth-order valence-electron chi connectivity index (χ4n) is 5.49. The zero-order valence-corrected chi connectivity index (χ0v) is 20.4. The van der Waals surface area contributed by atoms with Crippen LogP contribution in [-0.2, 0) is 0 Å². The number of ether oxygens (including phenoxy) is 1. The van der Waals surface area contributed by atoms with Gasteiger partial charge in [-0.05, 0) is 69.5 Å². The van der Waals surface area contributed by atoms with Crippen LogP contribution in [0.15, 0.2) is 12.1 Å². The molecule has 3 N–H and O–H groups in total. The maximum atomic E-state index is 13.5. The van der Waals surface area contributed by atoms with Crippen LogP contribution in [0.4, 0.5) is 5.69 Å². The van der Waals surface area contributed by atoms with Crippen molar-refractivity contribution in [2.45, 2.75) is 83.1 Å². The topological polar surface area (TPSA) is 67.6 Å². The van der Waals surface area contributed by atoms with Crippen molar-refractivity contribution in [3.8, 4) is 5.75 Å². The Morgan fingerprint density at radius 1 is 1.16 bits per heavy atom. The molecule has 0 aromatic heterocycles. The summed E-state index contributed by atoms with van der Waals surface area (Å²) in [6.07, 6.45) is 13.2. The second-order valence-corrected chi connectivity index (χ2v) is 10.8. The van der Waals surface area contributed by atoms with Crippen LogP contribution in [0.25, 0.3) is 0 Å². The average Bonchev–Trinajstić information content (AvgIpc) is 3.61. The number of hydrogen-bond donors (Lipinski definition) is 2. The minimum atomic E-state index is -0.172. The monoisotopic (exact) mass is 461 g/mol. The molecule has 1 heterocycles. The van der Waals surface area contributed by atoms with Crippen LogP contribution in [0.5, 0.6) is 5.75 Å². The van der Waals surface area contributed by atoms with Gasteiger partial charge in [0.05, 0.1) is 28.4 Å². The molecule has 1 aromatic carbocycles. The number of nitrogens with zero attached hydrogens (tertiary/aromatic N) is 1. The molecule has 3 aliphatic rings. The highest BCUT2D eigenvalue weighted by molar-refractivity contribution is 6.33. The SMILES string of the molecule is CCCC1CCN(CC2(NC(=O)c3cc(Cl)c(N)cc3OCC3CC3)CCCCC2)CC1. The van der Waals surface area contributed by atoms with E-state index in [-0.39, 0.29) is 11.4 Å². The van der Waals surface area contributed by atoms with E-state index in [1.165, 1.54) is 57.8 Å². The number of nitrogens with two attached hydrogens (primary N) is 1. The van der Waals surface area contributed by atoms with Gasteiger partial charge in [0, 0.05) is 12.6 Å². The van der Waals surface area contributed by atoms with Gasteiger partial charge in [0.1, 0.15) is 5.75 Å². The van der Waals surface area contributed by atoms with E-state index in [4.69, 9.17) is 22.1 Å². The second-order valence-electron chi connectivity index (χ2n) is 10.4. The second kappa shape index (κ2) is 10.6. The number of benzene rings is 1. The van der Waals surface area contributed by atoms with Crippen LogP contribution in [0.1, 0.15) is 87.9 Å². The molecule has 1 aromatic rings. The zero-order chi connectivity index (χ0) is 22.6. The number of anilines is 1. The lowest BCUT2D eigenvalue weighted by Gasteiger charge is -2.44. The van der Waals surface area contributed by atoms with Crippen molar-refractivity contribution in [3.63, 3.8) is 0 Å². The summed E-state index contributed by atoms with van der Waals surface area (Å²) in [6, 6.07) is 3.40. The Kier molecular flexibility index (Phi) is 7.88. The third-order valence-corrected chi connectivity index (χ3v) is 7.96. The molecule has 3 fully saturated rings. The fourth-order valence-corrected chi connectivity index (χ4v) is 5.65. The average molecular weight is 462 g/mol. The van der Waals surface area contributed by atoms with Crippen LogP contribution in [0.2, 0.25) is 5.02 Å². The number of nitrogens with one attached hydrogen (secondary N) is 1. The number of nitrogen functional groups attached to an aromatic ring is 1. The van der Waals surface area contributed by atoms with E-state index in [0.717, 1.165) is 38.4 Å². The van der Waals surface area contributed by atoms with Gasteiger partial charge >= 0.3 is 0 Å². The first-order valence-electron chi connectivity index (χ1n) is 12.7. The van der Waals surface area contributed by atoms with E-state index >= 15 is 0 Å². The van der Waals surface area contributed by atoms with Gasteiger partial charge in [-0.1, -0.05) is 50.6 Å². The quantitative estimate of drug-likeness (QED) is 0.466. The standard InChI is InChI=1S/C26H40ClN3O2/c1-2-6-19-9-13-30(14-10-19)18-26(11-4-3-5-12-26)29-25(31)21-15-22(27)23(28)16-24(21)32-17-20-7-8-20/h15-16,19-20H,2-14,17-18,28H2,1H3,(H,29,31). The zero-order valence-electron chi connectivity index (χ0n) is 19.6. The fraction of sp³-hybridized carbons (Fsp3) is 0.731. The molecule has 5 nitrogen and oxygen atoms in total.